The number of amides is 1. The van der Waals surface area contributed by atoms with Crippen molar-refractivity contribution in [3.63, 3.8) is 0 Å². The van der Waals surface area contributed by atoms with E-state index < -0.39 is 88.6 Å². The fourth-order valence-corrected chi connectivity index (χ4v) is 7.86. The summed E-state index contributed by atoms with van der Waals surface area (Å²) < 4.78 is 40.0. The molecule has 0 unspecified atom stereocenters. The highest BCUT2D eigenvalue weighted by molar-refractivity contribution is 8.01. The fraction of sp³-hybridized carbons (Fsp3) is 0.667. The predicted octanol–water partition coefficient (Wildman–Crippen LogP) is -0.521. The summed E-state index contributed by atoms with van der Waals surface area (Å²) in [5, 5.41) is -0.461. The summed E-state index contributed by atoms with van der Waals surface area (Å²) >= 11 is 1.40. The molecule has 2 N–H and O–H groups in total. The molecule has 5 fully saturated rings. The van der Waals surface area contributed by atoms with Crippen molar-refractivity contribution in [2.45, 2.75) is 107 Å². The number of hydrogen-bond donors (Lipinski definition) is 2. The van der Waals surface area contributed by atoms with E-state index in [9.17, 15) is 24.0 Å². The zero-order chi connectivity index (χ0) is 31.3. The maximum absolute atomic E-state index is 13.4. The van der Waals surface area contributed by atoms with Gasteiger partial charge in [0.15, 0.2) is 30.3 Å². The van der Waals surface area contributed by atoms with Gasteiger partial charge >= 0.3 is 11.4 Å². The van der Waals surface area contributed by atoms with Gasteiger partial charge in [-0.25, -0.2) is 9.59 Å². The van der Waals surface area contributed by atoms with Crippen LogP contribution in [0, 0.1) is 6.92 Å². The second kappa shape index (κ2) is 10.2. The van der Waals surface area contributed by atoms with Crippen molar-refractivity contribution in [3.8, 4) is 0 Å². The number of fused-ring (bicyclic) bond motifs is 2. The lowest BCUT2D eigenvalue weighted by atomic mass is 10.1. The average molecular weight is 636 g/mol. The molecule has 5 saturated heterocycles. The zero-order valence-electron chi connectivity index (χ0n) is 24.6. The van der Waals surface area contributed by atoms with E-state index in [4.69, 9.17) is 28.4 Å². The number of aromatic amines is 2. The van der Waals surface area contributed by atoms with Crippen molar-refractivity contribution < 1.29 is 33.2 Å². The number of aryl methyl sites for hydroxylation is 1. The molecule has 2 aromatic heterocycles. The molecule has 9 atom stereocenters. The predicted molar refractivity (Wildman–Crippen MR) is 151 cm³/mol. The number of H-pyrrole nitrogens is 2. The van der Waals surface area contributed by atoms with Crippen LogP contribution in [-0.4, -0.2) is 89.4 Å². The Hall–Kier alpha value is -3.06. The van der Waals surface area contributed by atoms with Crippen molar-refractivity contribution in [2.75, 3.05) is 5.75 Å². The minimum Gasteiger partial charge on any atom is -0.349 e. The molecule has 7 heterocycles. The van der Waals surface area contributed by atoms with Crippen LogP contribution in [0.25, 0.3) is 0 Å². The largest absolute Gasteiger partial charge is 0.349 e. The first-order valence-electron chi connectivity index (χ1n) is 14.3. The molecule has 1 amide bonds. The lowest BCUT2D eigenvalue weighted by molar-refractivity contribution is -0.219. The molecule has 17 heteroatoms. The van der Waals surface area contributed by atoms with Gasteiger partial charge < -0.3 is 33.3 Å². The second-order valence-corrected chi connectivity index (χ2v) is 13.6. The van der Waals surface area contributed by atoms with Crippen LogP contribution >= 0.6 is 11.8 Å². The van der Waals surface area contributed by atoms with Gasteiger partial charge in [-0.3, -0.25) is 33.5 Å². The monoisotopic (exact) mass is 635 g/mol. The van der Waals surface area contributed by atoms with E-state index >= 15 is 0 Å². The molecule has 5 aliphatic heterocycles. The number of carbonyl (C=O) groups excluding carboxylic acids is 1. The summed E-state index contributed by atoms with van der Waals surface area (Å²) in [6.07, 6.45) is -3.09. The van der Waals surface area contributed by atoms with Gasteiger partial charge in [0.1, 0.15) is 24.4 Å². The smallest absolute Gasteiger partial charge is 0.330 e. The highest BCUT2D eigenvalue weighted by Gasteiger charge is 2.61. The van der Waals surface area contributed by atoms with Gasteiger partial charge in [0.2, 0.25) is 5.91 Å². The number of thioether (sulfide) groups is 1. The van der Waals surface area contributed by atoms with E-state index in [2.05, 4.69) is 9.97 Å². The number of nitrogens with one attached hydrogen (secondary N) is 2. The first kappa shape index (κ1) is 29.6. The Kier molecular flexibility index (Phi) is 6.89. The van der Waals surface area contributed by atoms with Crippen molar-refractivity contribution in [1.82, 2.24) is 24.0 Å². The molecule has 2 aromatic rings. The van der Waals surface area contributed by atoms with Gasteiger partial charge in [-0.05, 0) is 34.6 Å². The third-order valence-corrected chi connectivity index (χ3v) is 9.60. The Morgan fingerprint density at radius 3 is 2.09 bits per heavy atom. The van der Waals surface area contributed by atoms with Crippen LogP contribution in [0.2, 0.25) is 0 Å². The van der Waals surface area contributed by atoms with Crippen molar-refractivity contribution in [2.24, 2.45) is 0 Å². The third-order valence-electron chi connectivity index (χ3n) is 8.38. The van der Waals surface area contributed by atoms with E-state index in [1.165, 1.54) is 39.4 Å². The normalized spacial score (nSPS) is 37.1. The summed E-state index contributed by atoms with van der Waals surface area (Å²) in [6.45, 7) is 8.60. The Labute approximate surface area is 253 Å². The zero-order valence-corrected chi connectivity index (χ0v) is 25.4. The van der Waals surface area contributed by atoms with E-state index in [1.807, 2.05) is 0 Å². The highest BCUT2D eigenvalue weighted by atomic mass is 32.2. The molecule has 0 bridgehead atoms. The van der Waals surface area contributed by atoms with Crippen LogP contribution in [0.5, 0.6) is 0 Å². The van der Waals surface area contributed by atoms with Crippen LogP contribution in [0.15, 0.2) is 37.6 Å². The fourth-order valence-electron chi connectivity index (χ4n) is 6.65. The van der Waals surface area contributed by atoms with Gasteiger partial charge in [-0.15, -0.1) is 11.8 Å². The average Bonchev–Trinajstić information content (AvgIpc) is 3.69. The van der Waals surface area contributed by atoms with Crippen molar-refractivity contribution in [3.05, 3.63) is 65.7 Å². The molecular formula is C27H33N5O11S. The van der Waals surface area contributed by atoms with Crippen LogP contribution in [0.4, 0.5) is 0 Å². The number of carbonyl (C=O) groups is 1. The molecule has 0 saturated carbocycles. The first-order chi connectivity index (χ1) is 20.7. The van der Waals surface area contributed by atoms with Crippen LogP contribution < -0.4 is 22.5 Å². The summed E-state index contributed by atoms with van der Waals surface area (Å²) in [5.74, 6) is -2.02. The topological polar surface area (TPSA) is 185 Å². The third kappa shape index (κ3) is 4.90. The van der Waals surface area contributed by atoms with Crippen LogP contribution in [0.3, 0.4) is 0 Å². The van der Waals surface area contributed by atoms with Gasteiger partial charge in [0.25, 0.3) is 11.1 Å². The molecule has 5 aliphatic rings. The van der Waals surface area contributed by atoms with Gasteiger partial charge in [0, 0.05) is 30.4 Å². The highest BCUT2D eigenvalue weighted by Crippen LogP contribution is 2.49. The summed E-state index contributed by atoms with van der Waals surface area (Å²) in [6, 6.07) is 1.21. The second-order valence-electron chi connectivity index (χ2n) is 12.4. The minimum atomic E-state index is -1.02. The lowest BCUT2D eigenvalue weighted by Gasteiger charge is -2.34. The Morgan fingerprint density at radius 1 is 0.818 bits per heavy atom. The van der Waals surface area contributed by atoms with E-state index in [0.29, 0.717) is 5.56 Å². The summed E-state index contributed by atoms with van der Waals surface area (Å²) in [4.78, 5) is 68.8. The minimum absolute atomic E-state index is 0.168. The Bertz CT molecular complexity index is 1730. The summed E-state index contributed by atoms with van der Waals surface area (Å²) in [7, 11) is 0. The molecule has 16 nitrogen and oxygen atoms in total. The molecular weight excluding hydrogens is 602 g/mol. The molecule has 0 spiro atoms. The maximum atomic E-state index is 13.4. The van der Waals surface area contributed by atoms with Crippen molar-refractivity contribution in [1.29, 1.82) is 0 Å². The number of aromatic nitrogens is 4. The van der Waals surface area contributed by atoms with Gasteiger partial charge in [-0.1, -0.05) is 0 Å². The number of hydrogen-bond acceptors (Lipinski definition) is 12. The molecule has 0 aliphatic carbocycles. The van der Waals surface area contributed by atoms with Gasteiger partial charge in [0.05, 0.1) is 17.2 Å². The van der Waals surface area contributed by atoms with Crippen molar-refractivity contribution >= 4 is 17.7 Å². The van der Waals surface area contributed by atoms with Crippen LogP contribution in [-0.2, 0) is 33.2 Å². The number of ether oxygens (including phenoxy) is 6. The van der Waals surface area contributed by atoms with E-state index in [0.717, 1.165) is 0 Å². The SMILES string of the molecule is Cc1cn([C@@H]2O[C@H](C[C@@H]3SCC(=O)N3[C@H]3O[C@@H](n4ccc(=O)[nH]c4=O)[C@@H]4OC(C)(C)O[C@@H]43)[C@H]3OC(C)(C)O[C@H]32)c(=O)[nH]c1=O. The summed E-state index contributed by atoms with van der Waals surface area (Å²) in [5.41, 5.74) is -2.03. The van der Waals surface area contributed by atoms with Crippen LogP contribution in [0.1, 0.15) is 52.1 Å². The Morgan fingerprint density at radius 2 is 1.41 bits per heavy atom. The quantitative estimate of drug-likeness (QED) is 0.429. The maximum Gasteiger partial charge on any atom is 0.330 e. The number of rotatable bonds is 5. The molecule has 7 rings (SSSR count). The Balaban J connectivity index is 1.18. The molecule has 0 radical (unpaired) electrons. The molecule has 0 aromatic carbocycles. The van der Waals surface area contributed by atoms with Gasteiger partial charge in [-0.2, -0.15) is 0 Å². The molecule has 238 valence electrons. The van der Waals surface area contributed by atoms with E-state index in [-0.39, 0.29) is 18.1 Å². The number of nitrogens with zero attached hydrogens (tertiary/aromatic N) is 3. The standard InChI is InChI=1S/C27H33N5O11S/c1-11-9-31(25(37)29-20(11)35)22-17-16(40-26(2,3)41-17)12(38-22)8-15-32(14(34)10-44-15)23-19-18(42-27(4,5)43-19)21(39-23)30-7-6-13(33)28-24(30)36/h6-7,9,12,15-19,21-23H,8,10H2,1-5H3,(H,28,33,36)(H,29,35,37)/t12-,15+,16-,17-,18-,19+,21-,22-,23+/m1/s1. The lowest BCUT2D eigenvalue weighted by Crippen LogP contribution is -2.50. The first-order valence-corrected chi connectivity index (χ1v) is 15.3. The van der Waals surface area contributed by atoms with E-state index in [1.54, 1.807) is 39.5 Å². The molecule has 44 heavy (non-hydrogen) atoms.